The molecular formula is C11H20N4S. The number of aromatic nitrogens is 2. The molecule has 0 aliphatic carbocycles. The van der Waals surface area contributed by atoms with E-state index in [4.69, 9.17) is 5.73 Å². The topological polar surface area (TPSA) is 55.0 Å². The number of aryl methyl sites for hydroxylation is 1. The molecular weight excluding hydrogens is 220 g/mol. The monoisotopic (exact) mass is 240 g/mol. The van der Waals surface area contributed by atoms with Crippen molar-refractivity contribution < 1.29 is 0 Å². The smallest absolute Gasteiger partial charge is 0.128 e. The predicted molar refractivity (Wildman–Crippen MR) is 69.7 cm³/mol. The average molecular weight is 240 g/mol. The van der Waals surface area contributed by atoms with E-state index in [1.165, 1.54) is 0 Å². The Labute approximate surface area is 102 Å². The first-order chi connectivity index (χ1) is 7.65. The van der Waals surface area contributed by atoms with Crippen molar-refractivity contribution in [1.29, 1.82) is 0 Å². The molecule has 0 saturated carbocycles. The molecule has 16 heavy (non-hydrogen) atoms. The molecule has 0 aromatic carbocycles. The van der Waals surface area contributed by atoms with Gasteiger partial charge in [0.05, 0.1) is 0 Å². The van der Waals surface area contributed by atoms with Gasteiger partial charge in [-0.25, -0.2) is 9.97 Å². The van der Waals surface area contributed by atoms with E-state index in [2.05, 4.69) is 28.7 Å². The van der Waals surface area contributed by atoms with Crippen molar-refractivity contribution in [3.63, 3.8) is 0 Å². The molecule has 1 heterocycles. The Kier molecular flexibility index (Phi) is 5.55. The maximum atomic E-state index is 5.67. The highest BCUT2D eigenvalue weighted by Gasteiger charge is 2.02. The van der Waals surface area contributed by atoms with Gasteiger partial charge < -0.3 is 10.6 Å². The summed E-state index contributed by atoms with van der Waals surface area (Å²) in [4.78, 5) is 10.8. The zero-order valence-corrected chi connectivity index (χ0v) is 11.0. The van der Waals surface area contributed by atoms with Gasteiger partial charge in [-0.3, -0.25) is 0 Å². The third-order valence-corrected chi connectivity index (χ3v) is 3.28. The third-order valence-electron chi connectivity index (χ3n) is 2.39. The number of nitrogens with zero attached hydrogens (tertiary/aromatic N) is 3. The van der Waals surface area contributed by atoms with Crippen molar-refractivity contribution in [1.82, 2.24) is 14.9 Å². The lowest BCUT2D eigenvalue weighted by Crippen LogP contribution is -2.25. The highest BCUT2D eigenvalue weighted by molar-refractivity contribution is 7.99. The molecule has 5 heteroatoms. The van der Waals surface area contributed by atoms with Crippen LogP contribution in [0.5, 0.6) is 0 Å². The molecule has 0 saturated heterocycles. The average Bonchev–Trinajstić information content (AvgIpc) is 2.23. The van der Waals surface area contributed by atoms with E-state index in [9.17, 15) is 0 Å². The van der Waals surface area contributed by atoms with Crippen molar-refractivity contribution in [3.8, 4) is 0 Å². The maximum absolute atomic E-state index is 5.67. The third kappa shape index (κ3) is 4.37. The Balaban J connectivity index is 2.42. The zero-order valence-electron chi connectivity index (χ0n) is 10.2. The summed E-state index contributed by atoms with van der Waals surface area (Å²) in [5.41, 5.74) is 5.67. The highest BCUT2D eigenvalue weighted by atomic mass is 32.2. The number of nitrogens with two attached hydrogens (primary N) is 1. The molecule has 0 aliphatic rings. The molecule has 1 aromatic heterocycles. The van der Waals surface area contributed by atoms with Crippen LogP contribution in [0.1, 0.15) is 19.7 Å². The van der Waals surface area contributed by atoms with Crippen LogP contribution in [0.2, 0.25) is 0 Å². The molecule has 1 rings (SSSR count). The van der Waals surface area contributed by atoms with Crippen LogP contribution in [0.3, 0.4) is 0 Å². The van der Waals surface area contributed by atoms with Crippen molar-refractivity contribution in [2.75, 3.05) is 31.1 Å². The number of rotatable bonds is 6. The van der Waals surface area contributed by atoms with Crippen molar-refractivity contribution in [3.05, 3.63) is 11.9 Å². The van der Waals surface area contributed by atoms with Crippen LogP contribution in [0.15, 0.2) is 11.1 Å². The van der Waals surface area contributed by atoms with Crippen LogP contribution in [-0.4, -0.2) is 40.3 Å². The minimum Gasteiger partial charge on any atom is -0.384 e. The van der Waals surface area contributed by atoms with Crippen LogP contribution in [0.4, 0.5) is 5.82 Å². The summed E-state index contributed by atoms with van der Waals surface area (Å²) < 4.78 is 0. The number of nitrogen functional groups attached to an aromatic ring is 1. The van der Waals surface area contributed by atoms with Crippen molar-refractivity contribution >= 4 is 17.6 Å². The Hall–Kier alpha value is -0.810. The molecule has 0 atom stereocenters. The van der Waals surface area contributed by atoms with Crippen LogP contribution < -0.4 is 5.73 Å². The molecule has 0 radical (unpaired) electrons. The second-order valence-corrected chi connectivity index (χ2v) is 4.67. The summed E-state index contributed by atoms with van der Waals surface area (Å²) in [6, 6.07) is 1.83. The summed E-state index contributed by atoms with van der Waals surface area (Å²) >= 11 is 1.74. The fraction of sp³-hybridized carbons (Fsp3) is 0.636. The maximum Gasteiger partial charge on any atom is 0.128 e. The Morgan fingerprint density at radius 2 is 2.00 bits per heavy atom. The molecule has 0 aliphatic heterocycles. The van der Waals surface area contributed by atoms with Crippen LogP contribution in [0, 0.1) is 6.92 Å². The molecule has 0 fully saturated rings. The van der Waals surface area contributed by atoms with Crippen LogP contribution in [-0.2, 0) is 0 Å². The van der Waals surface area contributed by atoms with Gasteiger partial charge in [0.15, 0.2) is 0 Å². The van der Waals surface area contributed by atoms with Crippen molar-refractivity contribution in [2.24, 2.45) is 0 Å². The largest absolute Gasteiger partial charge is 0.384 e. The first-order valence-corrected chi connectivity index (χ1v) is 6.60. The van der Waals surface area contributed by atoms with Gasteiger partial charge in [0.25, 0.3) is 0 Å². The van der Waals surface area contributed by atoms with Gasteiger partial charge in [-0.05, 0) is 20.0 Å². The molecule has 2 N–H and O–H groups in total. The van der Waals surface area contributed by atoms with Crippen LogP contribution in [0.25, 0.3) is 0 Å². The lowest BCUT2D eigenvalue weighted by molar-refractivity contribution is 0.324. The number of thioether (sulfide) groups is 1. The highest BCUT2D eigenvalue weighted by Crippen LogP contribution is 2.17. The van der Waals surface area contributed by atoms with E-state index >= 15 is 0 Å². The van der Waals surface area contributed by atoms with E-state index in [0.717, 1.165) is 36.2 Å². The first-order valence-electron chi connectivity index (χ1n) is 5.62. The Morgan fingerprint density at radius 1 is 1.31 bits per heavy atom. The summed E-state index contributed by atoms with van der Waals surface area (Å²) in [7, 11) is 0. The number of hydrogen-bond donors (Lipinski definition) is 1. The normalized spacial score (nSPS) is 11.0. The zero-order chi connectivity index (χ0) is 12.0. The van der Waals surface area contributed by atoms with Gasteiger partial charge in [0.2, 0.25) is 0 Å². The first kappa shape index (κ1) is 13.3. The van der Waals surface area contributed by atoms with E-state index in [1.54, 1.807) is 11.8 Å². The van der Waals surface area contributed by atoms with E-state index < -0.39 is 0 Å². The van der Waals surface area contributed by atoms with E-state index in [1.807, 2.05) is 13.0 Å². The standard InChI is InChI=1S/C11H20N4S/c1-4-15(5-2)6-7-16-11-8-10(12)13-9(3)14-11/h8H,4-7H2,1-3H3,(H2,12,13,14). The molecule has 0 spiro atoms. The molecule has 0 bridgehead atoms. The van der Waals surface area contributed by atoms with Gasteiger partial charge in [-0.1, -0.05) is 13.8 Å². The van der Waals surface area contributed by atoms with Gasteiger partial charge in [0.1, 0.15) is 16.7 Å². The summed E-state index contributed by atoms with van der Waals surface area (Å²) in [6.07, 6.45) is 0. The molecule has 0 unspecified atom stereocenters. The Morgan fingerprint density at radius 3 is 2.56 bits per heavy atom. The summed E-state index contributed by atoms with van der Waals surface area (Å²) in [5.74, 6) is 2.33. The number of anilines is 1. The Bertz CT molecular complexity index is 306. The second kappa shape index (κ2) is 6.70. The SMILES string of the molecule is CCN(CC)CCSc1cc(N)nc(C)n1. The molecule has 1 aromatic rings. The quantitative estimate of drug-likeness (QED) is 0.607. The predicted octanol–water partition coefficient (Wildman–Crippen LogP) is 1.80. The number of hydrogen-bond acceptors (Lipinski definition) is 5. The lowest BCUT2D eigenvalue weighted by atomic mass is 10.5. The minimum atomic E-state index is 0.554. The van der Waals surface area contributed by atoms with Gasteiger partial charge in [0, 0.05) is 18.4 Å². The summed E-state index contributed by atoms with van der Waals surface area (Å²) in [6.45, 7) is 9.51. The van der Waals surface area contributed by atoms with Crippen molar-refractivity contribution in [2.45, 2.75) is 25.8 Å². The second-order valence-electron chi connectivity index (χ2n) is 3.55. The molecule has 90 valence electrons. The minimum absolute atomic E-state index is 0.554. The van der Waals surface area contributed by atoms with Gasteiger partial charge in [-0.2, -0.15) is 0 Å². The van der Waals surface area contributed by atoms with E-state index in [0.29, 0.717) is 5.82 Å². The summed E-state index contributed by atoms with van der Waals surface area (Å²) in [5, 5.41) is 0.970. The van der Waals surface area contributed by atoms with Gasteiger partial charge >= 0.3 is 0 Å². The molecule has 0 amide bonds. The fourth-order valence-corrected chi connectivity index (χ4v) is 2.41. The fourth-order valence-electron chi connectivity index (χ4n) is 1.46. The molecule has 4 nitrogen and oxygen atoms in total. The van der Waals surface area contributed by atoms with E-state index in [-0.39, 0.29) is 0 Å². The van der Waals surface area contributed by atoms with Gasteiger partial charge in [-0.15, -0.1) is 11.8 Å². The van der Waals surface area contributed by atoms with Crippen LogP contribution >= 0.6 is 11.8 Å². The lowest BCUT2D eigenvalue weighted by Gasteiger charge is -2.17.